The summed E-state index contributed by atoms with van der Waals surface area (Å²) in [6.07, 6.45) is 0.797. The summed E-state index contributed by atoms with van der Waals surface area (Å²) >= 11 is 6.06. The zero-order valence-electron chi connectivity index (χ0n) is 11.6. The lowest BCUT2D eigenvalue weighted by molar-refractivity contribution is 0.555. The third-order valence-corrected chi connectivity index (χ3v) is 3.96. The van der Waals surface area contributed by atoms with E-state index in [0.717, 1.165) is 11.4 Å². The van der Waals surface area contributed by atoms with Crippen LogP contribution in [-0.2, 0) is 6.42 Å². The SMILES string of the molecule is NNC(Cc1cccc(Cl)c1)c1cccc2ccccc12. The fourth-order valence-corrected chi connectivity index (χ4v) is 2.93. The predicted octanol–water partition coefficient (Wildman–Crippen LogP) is 4.24. The summed E-state index contributed by atoms with van der Waals surface area (Å²) in [6.45, 7) is 0. The Balaban J connectivity index is 1.98. The van der Waals surface area contributed by atoms with Gasteiger partial charge in [0.2, 0.25) is 0 Å². The van der Waals surface area contributed by atoms with Gasteiger partial charge in [-0.3, -0.25) is 11.3 Å². The first-order valence-corrected chi connectivity index (χ1v) is 7.34. The number of nitrogens with two attached hydrogens (primary N) is 1. The molecule has 0 aliphatic carbocycles. The van der Waals surface area contributed by atoms with Crippen molar-refractivity contribution in [3.05, 3.63) is 82.9 Å². The fraction of sp³-hybridized carbons (Fsp3) is 0.111. The van der Waals surface area contributed by atoms with Gasteiger partial charge in [-0.1, -0.05) is 66.2 Å². The Morgan fingerprint density at radius 1 is 0.952 bits per heavy atom. The third kappa shape index (κ3) is 3.08. The van der Waals surface area contributed by atoms with Crippen LogP contribution in [0.25, 0.3) is 10.8 Å². The molecule has 0 saturated carbocycles. The first kappa shape index (κ1) is 14.1. The zero-order valence-corrected chi connectivity index (χ0v) is 12.3. The molecular formula is C18H17ClN2. The number of hydrogen-bond donors (Lipinski definition) is 2. The molecule has 3 rings (SSSR count). The highest BCUT2D eigenvalue weighted by molar-refractivity contribution is 6.30. The molecule has 0 fully saturated rings. The Bertz CT molecular complexity index is 750. The lowest BCUT2D eigenvalue weighted by Crippen LogP contribution is -2.29. The highest BCUT2D eigenvalue weighted by Gasteiger charge is 2.13. The van der Waals surface area contributed by atoms with E-state index in [-0.39, 0.29) is 6.04 Å². The molecule has 1 atom stereocenters. The van der Waals surface area contributed by atoms with E-state index in [4.69, 9.17) is 17.4 Å². The van der Waals surface area contributed by atoms with Crippen LogP contribution in [0, 0.1) is 0 Å². The second kappa shape index (κ2) is 6.27. The van der Waals surface area contributed by atoms with Gasteiger partial charge >= 0.3 is 0 Å². The Morgan fingerprint density at radius 2 is 1.71 bits per heavy atom. The van der Waals surface area contributed by atoms with Crippen molar-refractivity contribution in [1.29, 1.82) is 0 Å². The Morgan fingerprint density at radius 3 is 2.52 bits per heavy atom. The molecule has 21 heavy (non-hydrogen) atoms. The van der Waals surface area contributed by atoms with Crippen molar-refractivity contribution < 1.29 is 0 Å². The summed E-state index contributed by atoms with van der Waals surface area (Å²) in [5, 5.41) is 3.20. The normalized spacial score (nSPS) is 12.5. The minimum Gasteiger partial charge on any atom is -0.271 e. The summed E-state index contributed by atoms with van der Waals surface area (Å²) in [5.74, 6) is 5.80. The highest BCUT2D eigenvalue weighted by Crippen LogP contribution is 2.26. The van der Waals surface area contributed by atoms with E-state index in [2.05, 4.69) is 47.9 Å². The molecule has 3 aromatic carbocycles. The molecule has 0 spiro atoms. The topological polar surface area (TPSA) is 38.0 Å². The first-order chi connectivity index (χ1) is 10.3. The summed E-state index contributed by atoms with van der Waals surface area (Å²) in [7, 11) is 0. The number of rotatable bonds is 4. The molecule has 0 amide bonds. The predicted molar refractivity (Wildman–Crippen MR) is 89.2 cm³/mol. The quantitative estimate of drug-likeness (QED) is 0.558. The number of fused-ring (bicyclic) bond motifs is 1. The average Bonchev–Trinajstić information content (AvgIpc) is 2.52. The number of hydrogen-bond acceptors (Lipinski definition) is 2. The van der Waals surface area contributed by atoms with E-state index >= 15 is 0 Å². The number of hydrazine groups is 1. The molecule has 0 saturated heterocycles. The largest absolute Gasteiger partial charge is 0.271 e. The first-order valence-electron chi connectivity index (χ1n) is 6.96. The molecule has 106 valence electrons. The standard InChI is InChI=1S/C18H17ClN2/c19-15-8-3-5-13(11-15)12-18(21-20)17-10-4-7-14-6-1-2-9-16(14)17/h1-11,18,21H,12,20H2. The molecule has 0 heterocycles. The van der Waals surface area contributed by atoms with Gasteiger partial charge in [0.15, 0.2) is 0 Å². The van der Waals surface area contributed by atoms with Gasteiger partial charge in [0.25, 0.3) is 0 Å². The molecule has 0 bridgehead atoms. The molecule has 1 unspecified atom stereocenters. The van der Waals surface area contributed by atoms with Crippen LogP contribution >= 0.6 is 11.6 Å². The van der Waals surface area contributed by atoms with Crippen molar-refractivity contribution in [3.63, 3.8) is 0 Å². The van der Waals surface area contributed by atoms with Crippen molar-refractivity contribution in [1.82, 2.24) is 5.43 Å². The van der Waals surface area contributed by atoms with Crippen LogP contribution in [0.5, 0.6) is 0 Å². The molecule has 2 nitrogen and oxygen atoms in total. The molecule has 3 aromatic rings. The van der Waals surface area contributed by atoms with Gasteiger partial charge in [0.1, 0.15) is 0 Å². The maximum atomic E-state index is 6.06. The lowest BCUT2D eigenvalue weighted by atomic mass is 9.94. The smallest absolute Gasteiger partial charge is 0.0506 e. The molecule has 0 aromatic heterocycles. The van der Waals surface area contributed by atoms with Gasteiger partial charge in [-0.05, 0) is 40.5 Å². The summed E-state index contributed by atoms with van der Waals surface area (Å²) in [6, 6.07) is 22.6. The molecular weight excluding hydrogens is 280 g/mol. The van der Waals surface area contributed by atoms with Crippen LogP contribution in [-0.4, -0.2) is 0 Å². The van der Waals surface area contributed by atoms with Crippen LogP contribution in [0.2, 0.25) is 5.02 Å². The number of benzene rings is 3. The summed E-state index contributed by atoms with van der Waals surface area (Å²) in [5.41, 5.74) is 5.30. The van der Waals surface area contributed by atoms with Gasteiger partial charge in [-0.25, -0.2) is 0 Å². The van der Waals surface area contributed by atoms with Crippen LogP contribution in [0.15, 0.2) is 66.7 Å². The monoisotopic (exact) mass is 296 g/mol. The molecule has 0 radical (unpaired) electrons. The van der Waals surface area contributed by atoms with Gasteiger partial charge < -0.3 is 0 Å². The molecule has 3 heteroatoms. The van der Waals surface area contributed by atoms with E-state index in [1.807, 2.05) is 24.3 Å². The van der Waals surface area contributed by atoms with E-state index < -0.39 is 0 Å². The van der Waals surface area contributed by atoms with E-state index in [1.54, 1.807) is 0 Å². The van der Waals surface area contributed by atoms with E-state index in [0.29, 0.717) is 0 Å². The van der Waals surface area contributed by atoms with Crippen LogP contribution < -0.4 is 11.3 Å². The van der Waals surface area contributed by atoms with Gasteiger partial charge in [-0.2, -0.15) is 0 Å². The van der Waals surface area contributed by atoms with Crippen molar-refractivity contribution in [2.75, 3.05) is 0 Å². The van der Waals surface area contributed by atoms with Crippen molar-refractivity contribution in [2.24, 2.45) is 5.84 Å². The number of halogens is 1. The van der Waals surface area contributed by atoms with Crippen molar-refractivity contribution in [2.45, 2.75) is 12.5 Å². The fourth-order valence-electron chi connectivity index (χ4n) is 2.71. The third-order valence-electron chi connectivity index (χ3n) is 3.73. The average molecular weight is 297 g/mol. The Labute approximate surface area is 129 Å². The maximum absolute atomic E-state index is 6.06. The second-order valence-corrected chi connectivity index (χ2v) is 5.56. The summed E-state index contributed by atoms with van der Waals surface area (Å²) in [4.78, 5) is 0. The minimum absolute atomic E-state index is 0.0505. The Hall–Kier alpha value is -1.87. The van der Waals surface area contributed by atoms with Crippen LogP contribution in [0.3, 0.4) is 0 Å². The zero-order chi connectivity index (χ0) is 14.7. The summed E-state index contributed by atoms with van der Waals surface area (Å²) < 4.78 is 0. The van der Waals surface area contributed by atoms with Crippen molar-refractivity contribution >= 4 is 22.4 Å². The van der Waals surface area contributed by atoms with Crippen LogP contribution in [0.4, 0.5) is 0 Å². The maximum Gasteiger partial charge on any atom is 0.0506 e. The van der Waals surface area contributed by atoms with Crippen molar-refractivity contribution in [3.8, 4) is 0 Å². The second-order valence-electron chi connectivity index (χ2n) is 5.12. The van der Waals surface area contributed by atoms with Crippen LogP contribution in [0.1, 0.15) is 17.2 Å². The Kier molecular flexibility index (Phi) is 4.20. The van der Waals surface area contributed by atoms with E-state index in [1.165, 1.54) is 21.9 Å². The van der Waals surface area contributed by atoms with E-state index in [9.17, 15) is 0 Å². The van der Waals surface area contributed by atoms with Gasteiger partial charge in [-0.15, -0.1) is 0 Å². The number of nitrogens with one attached hydrogen (secondary N) is 1. The minimum atomic E-state index is 0.0505. The lowest BCUT2D eigenvalue weighted by Gasteiger charge is -2.18. The molecule has 0 aliphatic heterocycles. The highest BCUT2D eigenvalue weighted by atomic mass is 35.5. The molecule has 0 aliphatic rings. The molecule has 3 N–H and O–H groups in total. The van der Waals surface area contributed by atoms with Gasteiger partial charge in [0.05, 0.1) is 6.04 Å². The van der Waals surface area contributed by atoms with Gasteiger partial charge in [0, 0.05) is 5.02 Å².